The van der Waals surface area contributed by atoms with Gasteiger partial charge in [-0.1, -0.05) is 5.57 Å². The number of piperidine rings is 1. The van der Waals surface area contributed by atoms with E-state index in [-0.39, 0.29) is 24.4 Å². The van der Waals surface area contributed by atoms with Crippen LogP contribution in [0.1, 0.15) is 36.4 Å². The lowest BCUT2D eigenvalue weighted by atomic mass is 9.75. The van der Waals surface area contributed by atoms with Crippen molar-refractivity contribution < 1.29 is 4.74 Å². The maximum absolute atomic E-state index is 6.66. The summed E-state index contributed by atoms with van der Waals surface area (Å²) in [6, 6.07) is 4.66. The molecule has 0 aromatic carbocycles. The van der Waals surface area contributed by atoms with E-state index in [2.05, 4.69) is 34.3 Å². The first-order valence-corrected chi connectivity index (χ1v) is 9.83. The van der Waals surface area contributed by atoms with E-state index >= 15 is 0 Å². The second-order valence-corrected chi connectivity index (χ2v) is 8.19. The largest absolute Gasteiger partial charge is 0.498 e. The molecule has 4 rings (SSSR count). The Balaban J connectivity index is 0.00000225. The quantitative estimate of drug-likeness (QED) is 0.664. The predicted molar refractivity (Wildman–Crippen MR) is 114 cm³/mol. The molecule has 1 aliphatic carbocycles. The van der Waals surface area contributed by atoms with Crippen LogP contribution in [0.3, 0.4) is 0 Å². The average molecular weight is 406 g/mol. The standard InChI is InChI=1S/C21H31N5O.ClH/c1-13-4-6-25-18(8-13)16-12-26-7-5-14-11-21(23,24-2)20(27-3)9-15(14)19(26)10-17(16)22;/h4,6,8-9,16-17,19,24H,5,7,10-12,22-23H2,1-3H3;1H/t16-,17-,19-,21?;/m1./s1. The number of ether oxygens (including phenoxy) is 1. The zero-order valence-corrected chi connectivity index (χ0v) is 17.8. The maximum Gasteiger partial charge on any atom is 0.131 e. The lowest BCUT2D eigenvalue weighted by Crippen LogP contribution is -2.58. The highest BCUT2D eigenvalue weighted by Gasteiger charge is 2.43. The predicted octanol–water partition coefficient (Wildman–Crippen LogP) is 1.81. The number of rotatable bonds is 3. The van der Waals surface area contributed by atoms with Crippen LogP contribution >= 0.6 is 12.4 Å². The van der Waals surface area contributed by atoms with Crippen molar-refractivity contribution >= 4 is 12.4 Å². The van der Waals surface area contributed by atoms with Gasteiger partial charge in [-0.2, -0.15) is 0 Å². The minimum atomic E-state index is -0.611. The Morgan fingerprint density at radius 3 is 2.86 bits per heavy atom. The van der Waals surface area contributed by atoms with Crippen LogP contribution in [-0.4, -0.2) is 54.9 Å². The maximum atomic E-state index is 6.66. The normalized spacial score (nSPS) is 32.8. The summed E-state index contributed by atoms with van der Waals surface area (Å²) in [5, 5.41) is 3.23. The van der Waals surface area contributed by atoms with Gasteiger partial charge in [0.25, 0.3) is 0 Å². The summed E-state index contributed by atoms with van der Waals surface area (Å²) < 4.78 is 5.64. The molecule has 1 aromatic heterocycles. The summed E-state index contributed by atoms with van der Waals surface area (Å²) in [6.07, 6.45) is 6.83. The number of nitrogens with zero attached hydrogens (tertiary/aromatic N) is 2. The number of aromatic nitrogens is 1. The number of aryl methyl sites for hydroxylation is 1. The minimum absolute atomic E-state index is 0. The van der Waals surface area contributed by atoms with Crippen molar-refractivity contribution in [1.82, 2.24) is 15.2 Å². The number of nitrogens with two attached hydrogens (primary N) is 2. The van der Waals surface area contributed by atoms with Crippen molar-refractivity contribution in [3.05, 3.63) is 52.6 Å². The van der Waals surface area contributed by atoms with Crippen molar-refractivity contribution in [1.29, 1.82) is 0 Å². The Morgan fingerprint density at radius 2 is 2.18 bits per heavy atom. The first-order chi connectivity index (χ1) is 12.9. The number of fused-ring (bicyclic) bond motifs is 2. The Morgan fingerprint density at radius 1 is 1.39 bits per heavy atom. The Labute approximate surface area is 173 Å². The number of halogens is 1. The SMILES string of the molecule is CNC1(N)CC2=C(C=C1OC)[C@H]1C[C@@H](N)[C@H](c3cc(C)ccn3)CN1CC2.Cl. The number of methoxy groups -OCH3 is 1. The fraction of sp³-hybridized carbons (Fsp3) is 0.571. The van der Waals surface area contributed by atoms with E-state index in [1.165, 1.54) is 16.7 Å². The van der Waals surface area contributed by atoms with Crippen LogP contribution < -0.4 is 16.8 Å². The van der Waals surface area contributed by atoms with Crippen LogP contribution in [0.15, 0.2) is 41.3 Å². The molecule has 0 radical (unpaired) electrons. The van der Waals surface area contributed by atoms with Gasteiger partial charge in [-0.05, 0) is 56.2 Å². The third-order valence-electron chi connectivity index (χ3n) is 6.55. The highest BCUT2D eigenvalue weighted by atomic mass is 35.5. The van der Waals surface area contributed by atoms with Crippen LogP contribution in [0.5, 0.6) is 0 Å². The molecule has 4 atom stereocenters. The molecule has 1 saturated heterocycles. The third kappa shape index (κ3) is 3.60. The molecular weight excluding hydrogens is 374 g/mol. The minimum Gasteiger partial charge on any atom is -0.498 e. The molecule has 3 aliphatic rings. The number of hydrogen-bond acceptors (Lipinski definition) is 6. The second kappa shape index (κ2) is 8.13. The van der Waals surface area contributed by atoms with Gasteiger partial charge in [-0.3, -0.25) is 15.2 Å². The molecule has 6 nitrogen and oxygen atoms in total. The third-order valence-corrected chi connectivity index (χ3v) is 6.55. The zero-order chi connectivity index (χ0) is 19.2. The van der Waals surface area contributed by atoms with Gasteiger partial charge < -0.3 is 16.2 Å². The van der Waals surface area contributed by atoms with Crippen molar-refractivity contribution in [2.75, 3.05) is 27.2 Å². The van der Waals surface area contributed by atoms with Crippen LogP contribution in [0, 0.1) is 6.92 Å². The number of pyridine rings is 1. The van der Waals surface area contributed by atoms with E-state index in [0.717, 1.165) is 43.8 Å². The molecule has 0 spiro atoms. The molecule has 1 unspecified atom stereocenters. The molecule has 0 bridgehead atoms. The molecule has 5 N–H and O–H groups in total. The fourth-order valence-electron chi connectivity index (χ4n) is 4.93. The lowest BCUT2D eigenvalue weighted by molar-refractivity contribution is 0.123. The molecule has 0 amide bonds. The Bertz CT molecular complexity index is 795. The molecule has 0 saturated carbocycles. The van der Waals surface area contributed by atoms with Crippen LogP contribution in [-0.2, 0) is 4.74 Å². The summed E-state index contributed by atoms with van der Waals surface area (Å²) in [5.74, 6) is 1.09. The van der Waals surface area contributed by atoms with E-state index in [0.29, 0.717) is 6.04 Å². The van der Waals surface area contributed by atoms with E-state index in [1.54, 1.807) is 7.11 Å². The van der Waals surface area contributed by atoms with Crippen molar-refractivity contribution in [3.63, 3.8) is 0 Å². The van der Waals surface area contributed by atoms with Crippen LogP contribution in [0.2, 0.25) is 0 Å². The Hall–Kier alpha value is -1.44. The molecule has 154 valence electrons. The van der Waals surface area contributed by atoms with Crippen molar-refractivity contribution in [2.45, 2.75) is 49.9 Å². The molecule has 1 aromatic rings. The average Bonchev–Trinajstić information content (AvgIpc) is 2.67. The van der Waals surface area contributed by atoms with Gasteiger partial charge in [0.15, 0.2) is 0 Å². The first-order valence-electron chi connectivity index (χ1n) is 9.83. The zero-order valence-electron chi connectivity index (χ0n) is 16.9. The number of hydrogen-bond donors (Lipinski definition) is 3. The van der Waals surface area contributed by atoms with Crippen molar-refractivity contribution in [2.24, 2.45) is 11.5 Å². The van der Waals surface area contributed by atoms with Gasteiger partial charge in [0, 0.05) is 49.4 Å². The van der Waals surface area contributed by atoms with E-state index in [4.69, 9.17) is 16.2 Å². The molecule has 7 heteroatoms. The lowest BCUT2D eigenvalue weighted by Gasteiger charge is -2.49. The summed E-state index contributed by atoms with van der Waals surface area (Å²) in [5.41, 5.74) is 17.7. The van der Waals surface area contributed by atoms with Gasteiger partial charge in [-0.25, -0.2) is 0 Å². The van der Waals surface area contributed by atoms with Gasteiger partial charge in [-0.15, -0.1) is 12.4 Å². The van der Waals surface area contributed by atoms with Gasteiger partial charge in [0.05, 0.1) is 7.11 Å². The summed E-state index contributed by atoms with van der Waals surface area (Å²) in [6.45, 7) is 4.11. The summed E-state index contributed by atoms with van der Waals surface area (Å²) in [4.78, 5) is 7.19. The monoisotopic (exact) mass is 405 g/mol. The molecule has 28 heavy (non-hydrogen) atoms. The van der Waals surface area contributed by atoms with E-state index in [1.807, 2.05) is 19.3 Å². The van der Waals surface area contributed by atoms with Crippen LogP contribution in [0.25, 0.3) is 0 Å². The highest BCUT2D eigenvalue weighted by molar-refractivity contribution is 5.85. The Kier molecular flexibility index (Phi) is 6.17. The van der Waals surface area contributed by atoms with Gasteiger partial charge in [0.2, 0.25) is 0 Å². The summed E-state index contributed by atoms with van der Waals surface area (Å²) in [7, 11) is 3.59. The van der Waals surface area contributed by atoms with Gasteiger partial charge in [0.1, 0.15) is 11.4 Å². The van der Waals surface area contributed by atoms with Crippen LogP contribution in [0.4, 0.5) is 0 Å². The number of nitrogens with one attached hydrogen (secondary N) is 1. The van der Waals surface area contributed by atoms with E-state index in [9.17, 15) is 0 Å². The van der Waals surface area contributed by atoms with E-state index < -0.39 is 5.66 Å². The second-order valence-electron chi connectivity index (χ2n) is 8.19. The topological polar surface area (TPSA) is 89.4 Å². The molecule has 1 fully saturated rings. The number of likely N-dealkylation sites (N-methyl/N-ethyl adjacent to an activating group) is 1. The fourth-order valence-corrected chi connectivity index (χ4v) is 4.93. The summed E-state index contributed by atoms with van der Waals surface area (Å²) >= 11 is 0. The highest BCUT2D eigenvalue weighted by Crippen LogP contribution is 2.41. The molecular formula is C21H32ClN5O. The molecule has 2 aliphatic heterocycles. The van der Waals surface area contributed by atoms with Gasteiger partial charge >= 0.3 is 0 Å². The van der Waals surface area contributed by atoms with Crippen molar-refractivity contribution in [3.8, 4) is 0 Å². The smallest absolute Gasteiger partial charge is 0.131 e. The first kappa shape index (κ1) is 21.3. The molecule has 3 heterocycles.